The van der Waals surface area contributed by atoms with Crippen LogP contribution in [0.2, 0.25) is 0 Å². The highest BCUT2D eigenvalue weighted by atomic mass is 19.1. The Kier molecular flexibility index (Phi) is 4.15. The summed E-state index contributed by atoms with van der Waals surface area (Å²) in [5.74, 6) is -1.88. The number of halogens is 1. The highest BCUT2D eigenvalue weighted by molar-refractivity contribution is 5.96. The maximum atomic E-state index is 13.2. The molecule has 1 aromatic rings. The number of nitro benzene ring substituents is 1. The number of benzene rings is 1. The molecule has 1 aliphatic carbocycles. The maximum Gasteiger partial charge on any atom is 0.305 e. The first-order valence-corrected chi connectivity index (χ1v) is 6.37. The molecule has 1 fully saturated rings. The van der Waals surface area contributed by atoms with Gasteiger partial charge in [-0.15, -0.1) is 0 Å². The van der Waals surface area contributed by atoms with Gasteiger partial charge in [0.15, 0.2) is 0 Å². The van der Waals surface area contributed by atoms with Crippen molar-refractivity contribution in [3.05, 3.63) is 39.7 Å². The fourth-order valence-electron chi connectivity index (χ4n) is 1.79. The lowest BCUT2D eigenvalue weighted by Crippen LogP contribution is -2.39. The van der Waals surface area contributed by atoms with E-state index in [9.17, 15) is 24.1 Å². The van der Waals surface area contributed by atoms with Gasteiger partial charge in [-0.05, 0) is 25.0 Å². The van der Waals surface area contributed by atoms with Crippen molar-refractivity contribution in [1.82, 2.24) is 10.2 Å². The number of nitro groups is 1. The van der Waals surface area contributed by atoms with E-state index < -0.39 is 22.3 Å². The van der Waals surface area contributed by atoms with Crippen LogP contribution in [0.15, 0.2) is 18.2 Å². The van der Waals surface area contributed by atoms with E-state index in [1.165, 1.54) is 7.05 Å². The van der Waals surface area contributed by atoms with Gasteiger partial charge in [-0.2, -0.15) is 4.39 Å². The highest BCUT2D eigenvalue weighted by Gasteiger charge is 2.25. The average Bonchev–Trinajstić information content (AvgIpc) is 3.21. The zero-order valence-corrected chi connectivity index (χ0v) is 11.3. The zero-order valence-electron chi connectivity index (χ0n) is 11.3. The van der Waals surface area contributed by atoms with Crippen LogP contribution < -0.4 is 5.32 Å². The second-order valence-corrected chi connectivity index (χ2v) is 4.93. The van der Waals surface area contributed by atoms with E-state index in [0.717, 1.165) is 35.9 Å². The predicted molar refractivity (Wildman–Crippen MR) is 71.2 cm³/mol. The van der Waals surface area contributed by atoms with Crippen LogP contribution in [0.25, 0.3) is 0 Å². The highest BCUT2D eigenvalue weighted by Crippen LogP contribution is 2.20. The molecular formula is C13H14FN3O4. The molecule has 8 heteroatoms. The van der Waals surface area contributed by atoms with Gasteiger partial charge in [0, 0.05) is 24.7 Å². The Bertz CT molecular complexity index is 601. The fourth-order valence-corrected chi connectivity index (χ4v) is 1.79. The fraction of sp³-hybridized carbons (Fsp3) is 0.385. The predicted octanol–water partition coefficient (Wildman–Crippen LogP) is 1.08. The number of rotatable bonds is 5. The SMILES string of the molecule is CN(CC(=O)NC1CC1)C(=O)c1ccc(F)c([N+](=O)[O-])c1. The molecule has 0 saturated heterocycles. The Labute approximate surface area is 119 Å². The first kappa shape index (κ1) is 14.9. The van der Waals surface area contributed by atoms with E-state index in [1.54, 1.807) is 0 Å². The third-order valence-corrected chi connectivity index (χ3v) is 3.06. The summed E-state index contributed by atoms with van der Waals surface area (Å²) in [6.45, 7) is -0.152. The molecule has 0 spiro atoms. The van der Waals surface area contributed by atoms with Gasteiger partial charge in [-0.25, -0.2) is 0 Å². The Morgan fingerprint density at radius 3 is 2.71 bits per heavy atom. The Balaban J connectivity index is 2.05. The molecule has 0 bridgehead atoms. The normalized spacial score (nSPS) is 13.6. The largest absolute Gasteiger partial charge is 0.352 e. The van der Waals surface area contributed by atoms with Crippen LogP contribution in [0.5, 0.6) is 0 Å². The van der Waals surface area contributed by atoms with Gasteiger partial charge in [0.25, 0.3) is 5.91 Å². The van der Waals surface area contributed by atoms with Crippen molar-refractivity contribution in [3.8, 4) is 0 Å². The number of hydrogen-bond acceptors (Lipinski definition) is 4. The van der Waals surface area contributed by atoms with Gasteiger partial charge in [-0.1, -0.05) is 0 Å². The first-order valence-electron chi connectivity index (χ1n) is 6.37. The Hall–Kier alpha value is -2.51. The third-order valence-electron chi connectivity index (χ3n) is 3.06. The molecule has 1 aliphatic rings. The molecule has 7 nitrogen and oxygen atoms in total. The Morgan fingerprint density at radius 1 is 1.48 bits per heavy atom. The van der Waals surface area contributed by atoms with Gasteiger partial charge < -0.3 is 10.2 Å². The molecule has 1 N–H and O–H groups in total. The van der Waals surface area contributed by atoms with Crippen LogP contribution in [0.1, 0.15) is 23.2 Å². The van der Waals surface area contributed by atoms with Gasteiger partial charge >= 0.3 is 5.69 Å². The van der Waals surface area contributed by atoms with Crippen LogP contribution in [-0.4, -0.2) is 41.3 Å². The van der Waals surface area contributed by atoms with Crippen molar-refractivity contribution >= 4 is 17.5 Å². The molecule has 0 aliphatic heterocycles. The van der Waals surface area contributed by atoms with Crippen LogP contribution in [0.3, 0.4) is 0 Å². The van der Waals surface area contributed by atoms with Crippen LogP contribution >= 0.6 is 0 Å². The average molecular weight is 295 g/mol. The quantitative estimate of drug-likeness (QED) is 0.650. The molecule has 0 aromatic heterocycles. The minimum absolute atomic E-state index is 0.0372. The molecule has 2 rings (SSSR count). The summed E-state index contributed by atoms with van der Waals surface area (Å²) >= 11 is 0. The lowest BCUT2D eigenvalue weighted by molar-refractivity contribution is -0.387. The summed E-state index contributed by atoms with van der Waals surface area (Å²) in [5.41, 5.74) is -0.804. The van der Waals surface area contributed by atoms with Gasteiger partial charge in [-0.3, -0.25) is 19.7 Å². The van der Waals surface area contributed by atoms with Crippen LogP contribution in [-0.2, 0) is 4.79 Å². The molecule has 1 saturated carbocycles. The maximum absolute atomic E-state index is 13.2. The van der Waals surface area contributed by atoms with E-state index in [4.69, 9.17) is 0 Å². The van der Waals surface area contributed by atoms with Crippen molar-refractivity contribution in [2.75, 3.05) is 13.6 Å². The lowest BCUT2D eigenvalue weighted by Gasteiger charge is -2.16. The number of hydrogen-bond donors (Lipinski definition) is 1. The van der Waals surface area contributed by atoms with Crippen molar-refractivity contribution in [2.45, 2.75) is 18.9 Å². The number of likely N-dealkylation sites (N-methyl/N-ethyl adjacent to an activating group) is 1. The summed E-state index contributed by atoms with van der Waals surface area (Å²) in [6, 6.07) is 3.07. The van der Waals surface area contributed by atoms with Crippen LogP contribution in [0, 0.1) is 15.9 Å². The molecule has 0 radical (unpaired) electrons. The molecule has 0 unspecified atom stereocenters. The number of carbonyl (C=O) groups excluding carboxylic acids is 2. The molecule has 21 heavy (non-hydrogen) atoms. The van der Waals surface area contributed by atoms with Crippen molar-refractivity contribution in [2.24, 2.45) is 0 Å². The number of carbonyl (C=O) groups is 2. The second-order valence-electron chi connectivity index (χ2n) is 4.93. The number of nitrogens with one attached hydrogen (secondary N) is 1. The summed E-state index contributed by atoms with van der Waals surface area (Å²) in [5, 5.41) is 13.4. The minimum Gasteiger partial charge on any atom is -0.352 e. The molecule has 112 valence electrons. The number of amides is 2. The van der Waals surface area contributed by atoms with Gasteiger partial charge in [0.1, 0.15) is 0 Å². The first-order chi connectivity index (χ1) is 9.88. The minimum atomic E-state index is -1.01. The van der Waals surface area contributed by atoms with Gasteiger partial charge in [0.05, 0.1) is 11.5 Å². The standard InChI is InChI=1S/C13H14FN3O4/c1-16(7-12(18)15-9-3-4-9)13(19)8-2-5-10(14)11(6-8)17(20)21/h2,5-6,9H,3-4,7H2,1H3,(H,15,18). The second kappa shape index (κ2) is 5.86. The summed E-state index contributed by atoms with van der Waals surface area (Å²) < 4.78 is 13.2. The summed E-state index contributed by atoms with van der Waals surface area (Å²) in [6.07, 6.45) is 1.88. The third kappa shape index (κ3) is 3.74. The van der Waals surface area contributed by atoms with E-state index in [-0.39, 0.29) is 24.1 Å². The van der Waals surface area contributed by atoms with E-state index in [0.29, 0.717) is 0 Å². The molecule has 0 heterocycles. The van der Waals surface area contributed by atoms with Crippen LogP contribution in [0.4, 0.5) is 10.1 Å². The molecular weight excluding hydrogens is 281 g/mol. The van der Waals surface area contributed by atoms with Crippen molar-refractivity contribution in [1.29, 1.82) is 0 Å². The van der Waals surface area contributed by atoms with E-state index in [2.05, 4.69) is 5.32 Å². The number of nitrogens with zero attached hydrogens (tertiary/aromatic N) is 2. The Morgan fingerprint density at radius 2 is 2.14 bits per heavy atom. The summed E-state index contributed by atoms with van der Waals surface area (Å²) in [4.78, 5) is 34.5. The molecule has 2 amide bonds. The lowest BCUT2D eigenvalue weighted by atomic mass is 10.1. The van der Waals surface area contributed by atoms with E-state index >= 15 is 0 Å². The smallest absolute Gasteiger partial charge is 0.305 e. The topological polar surface area (TPSA) is 92.6 Å². The van der Waals surface area contributed by atoms with Gasteiger partial charge in [0.2, 0.25) is 11.7 Å². The monoisotopic (exact) mass is 295 g/mol. The van der Waals surface area contributed by atoms with Crippen molar-refractivity contribution in [3.63, 3.8) is 0 Å². The van der Waals surface area contributed by atoms with Crippen molar-refractivity contribution < 1.29 is 18.9 Å². The zero-order chi connectivity index (χ0) is 15.6. The molecule has 0 atom stereocenters. The van der Waals surface area contributed by atoms with E-state index in [1.807, 2.05) is 0 Å². The summed E-state index contributed by atoms with van der Waals surface area (Å²) in [7, 11) is 1.41. The molecule has 1 aromatic carbocycles.